The molecule has 6 nitrogen and oxygen atoms in total. The summed E-state index contributed by atoms with van der Waals surface area (Å²) < 4.78 is 38.8. The standard InChI is InChI=1S/C21H19ClF3N3O3/c1-2-26(20(31)14-4-3-5-15(10-14)21(23,24)25)11-18(29)27-12-19(30)28(13-27)17-8-6-16(22)7-9-17/h3-10H,2,11-13H2,1H3. The molecule has 1 fully saturated rings. The van der Waals surface area contributed by atoms with Gasteiger partial charge in [0.15, 0.2) is 0 Å². The van der Waals surface area contributed by atoms with Gasteiger partial charge >= 0.3 is 6.18 Å². The van der Waals surface area contributed by atoms with Crippen molar-refractivity contribution in [2.24, 2.45) is 0 Å². The van der Waals surface area contributed by atoms with Crippen LogP contribution in [0.1, 0.15) is 22.8 Å². The average Bonchev–Trinajstić information content (AvgIpc) is 3.13. The van der Waals surface area contributed by atoms with Crippen molar-refractivity contribution in [2.45, 2.75) is 13.1 Å². The van der Waals surface area contributed by atoms with Gasteiger partial charge in [-0.05, 0) is 49.4 Å². The number of benzene rings is 2. The van der Waals surface area contributed by atoms with Crippen molar-refractivity contribution in [1.29, 1.82) is 0 Å². The summed E-state index contributed by atoms with van der Waals surface area (Å²) in [5.41, 5.74) is -0.522. The number of halogens is 4. The largest absolute Gasteiger partial charge is 0.416 e. The molecule has 2 aromatic carbocycles. The van der Waals surface area contributed by atoms with E-state index in [-0.39, 0.29) is 37.8 Å². The third kappa shape index (κ3) is 5.16. The van der Waals surface area contributed by atoms with E-state index >= 15 is 0 Å². The quantitative estimate of drug-likeness (QED) is 0.694. The summed E-state index contributed by atoms with van der Waals surface area (Å²) in [6.07, 6.45) is -4.58. The van der Waals surface area contributed by atoms with Crippen molar-refractivity contribution < 1.29 is 27.6 Å². The molecular weight excluding hydrogens is 435 g/mol. The molecule has 0 atom stereocenters. The van der Waals surface area contributed by atoms with Gasteiger partial charge in [-0.3, -0.25) is 19.3 Å². The molecule has 1 aliphatic rings. The van der Waals surface area contributed by atoms with Gasteiger partial charge in [-0.25, -0.2) is 0 Å². The molecule has 1 heterocycles. The van der Waals surface area contributed by atoms with Crippen LogP contribution in [0.5, 0.6) is 0 Å². The highest BCUT2D eigenvalue weighted by Gasteiger charge is 2.34. The maximum Gasteiger partial charge on any atom is 0.416 e. The zero-order valence-electron chi connectivity index (χ0n) is 16.5. The Morgan fingerprint density at radius 1 is 1.13 bits per heavy atom. The average molecular weight is 454 g/mol. The normalized spacial score (nSPS) is 14.2. The smallest absolute Gasteiger partial charge is 0.330 e. The lowest BCUT2D eigenvalue weighted by Crippen LogP contribution is -2.42. The number of amides is 3. The van der Waals surface area contributed by atoms with Gasteiger partial charge in [0.05, 0.1) is 5.56 Å². The van der Waals surface area contributed by atoms with Gasteiger partial charge in [-0.1, -0.05) is 17.7 Å². The number of nitrogens with zero attached hydrogens (tertiary/aromatic N) is 3. The summed E-state index contributed by atoms with van der Waals surface area (Å²) in [5.74, 6) is -1.46. The molecule has 1 saturated heterocycles. The van der Waals surface area contributed by atoms with Crippen LogP contribution in [0.3, 0.4) is 0 Å². The zero-order valence-corrected chi connectivity index (χ0v) is 17.3. The van der Waals surface area contributed by atoms with Crippen LogP contribution in [0.2, 0.25) is 5.02 Å². The highest BCUT2D eigenvalue weighted by molar-refractivity contribution is 6.30. The first-order chi connectivity index (χ1) is 14.6. The molecular formula is C21H19ClF3N3O3. The lowest BCUT2D eigenvalue weighted by molar-refractivity contribution is -0.137. The Balaban J connectivity index is 1.69. The molecule has 0 N–H and O–H groups in total. The van der Waals surface area contributed by atoms with E-state index in [0.29, 0.717) is 10.7 Å². The van der Waals surface area contributed by atoms with E-state index in [1.807, 2.05) is 0 Å². The fourth-order valence-electron chi connectivity index (χ4n) is 3.16. The van der Waals surface area contributed by atoms with E-state index < -0.39 is 23.6 Å². The second kappa shape index (κ2) is 8.97. The number of likely N-dealkylation sites (N-methyl/N-ethyl adjacent to an activating group) is 1. The van der Waals surface area contributed by atoms with Gasteiger partial charge in [0.1, 0.15) is 19.8 Å². The summed E-state index contributed by atoms with van der Waals surface area (Å²) in [5, 5.41) is 0.509. The SMILES string of the molecule is CCN(CC(=O)N1CC(=O)N(c2ccc(Cl)cc2)C1)C(=O)c1cccc(C(F)(F)F)c1. The molecule has 0 aliphatic carbocycles. The van der Waals surface area contributed by atoms with Gasteiger partial charge in [0.2, 0.25) is 11.8 Å². The molecule has 0 radical (unpaired) electrons. The van der Waals surface area contributed by atoms with Crippen molar-refractivity contribution >= 4 is 35.0 Å². The number of carbonyl (C=O) groups excluding carboxylic acids is 3. The van der Waals surface area contributed by atoms with Gasteiger partial charge in [0.25, 0.3) is 5.91 Å². The molecule has 31 heavy (non-hydrogen) atoms. The molecule has 3 amide bonds. The first-order valence-corrected chi connectivity index (χ1v) is 9.78. The Morgan fingerprint density at radius 3 is 2.42 bits per heavy atom. The van der Waals surface area contributed by atoms with Gasteiger partial charge < -0.3 is 9.80 Å². The maximum atomic E-state index is 12.9. The minimum atomic E-state index is -4.58. The number of alkyl halides is 3. The fourth-order valence-corrected chi connectivity index (χ4v) is 3.29. The number of hydrogen-bond acceptors (Lipinski definition) is 3. The highest BCUT2D eigenvalue weighted by Crippen LogP contribution is 2.30. The predicted octanol–water partition coefficient (Wildman–Crippen LogP) is 3.65. The summed E-state index contributed by atoms with van der Waals surface area (Å²) >= 11 is 5.85. The van der Waals surface area contributed by atoms with Crippen LogP contribution in [0, 0.1) is 0 Å². The van der Waals surface area contributed by atoms with Crippen molar-refractivity contribution in [3.63, 3.8) is 0 Å². The maximum absolute atomic E-state index is 12.9. The third-order valence-corrected chi connectivity index (χ3v) is 5.11. The van der Waals surface area contributed by atoms with Crippen LogP contribution in [-0.4, -0.2) is 53.8 Å². The van der Waals surface area contributed by atoms with Crippen LogP contribution < -0.4 is 4.90 Å². The molecule has 1 aliphatic heterocycles. The van der Waals surface area contributed by atoms with Crippen LogP contribution >= 0.6 is 11.6 Å². The van der Waals surface area contributed by atoms with E-state index in [9.17, 15) is 27.6 Å². The molecule has 3 rings (SSSR count). The molecule has 2 aromatic rings. The molecule has 0 unspecified atom stereocenters. The second-order valence-corrected chi connectivity index (χ2v) is 7.37. The molecule has 0 aromatic heterocycles. The van der Waals surface area contributed by atoms with Crippen LogP contribution in [0.25, 0.3) is 0 Å². The first-order valence-electron chi connectivity index (χ1n) is 9.40. The number of anilines is 1. The lowest BCUT2D eigenvalue weighted by Gasteiger charge is -2.24. The molecule has 0 bridgehead atoms. The Labute approximate surface area is 181 Å². The van der Waals surface area contributed by atoms with Crippen LogP contribution in [-0.2, 0) is 15.8 Å². The van der Waals surface area contributed by atoms with Gasteiger partial charge in [-0.2, -0.15) is 13.2 Å². The highest BCUT2D eigenvalue weighted by atomic mass is 35.5. The van der Waals surface area contributed by atoms with Crippen molar-refractivity contribution in [1.82, 2.24) is 9.80 Å². The molecule has 164 valence electrons. The van der Waals surface area contributed by atoms with E-state index in [0.717, 1.165) is 23.1 Å². The van der Waals surface area contributed by atoms with Crippen LogP contribution in [0.15, 0.2) is 48.5 Å². The molecule has 0 saturated carbocycles. The summed E-state index contributed by atoms with van der Waals surface area (Å²) in [7, 11) is 0. The second-order valence-electron chi connectivity index (χ2n) is 6.93. The Kier molecular flexibility index (Phi) is 6.54. The van der Waals surface area contributed by atoms with Crippen LogP contribution in [0.4, 0.5) is 18.9 Å². The minimum absolute atomic E-state index is 0.00853. The van der Waals surface area contributed by atoms with Crippen molar-refractivity contribution in [3.05, 3.63) is 64.7 Å². The van der Waals surface area contributed by atoms with E-state index in [4.69, 9.17) is 11.6 Å². The van der Waals surface area contributed by atoms with E-state index in [1.165, 1.54) is 15.9 Å². The third-order valence-electron chi connectivity index (χ3n) is 4.86. The zero-order chi connectivity index (χ0) is 22.8. The van der Waals surface area contributed by atoms with E-state index in [1.54, 1.807) is 31.2 Å². The van der Waals surface area contributed by atoms with Crippen molar-refractivity contribution in [3.8, 4) is 0 Å². The lowest BCUT2D eigenvalue weighted by atomic mass is 10.1. The fraction of sp³-hybridized carbons (Fsp3) is 0.286. The summed E-state index contributed by atoms with van der Waals surface area (Å²) in [6.45, 7) is 1.23. The Bertz CT molecular complexity index is 995. The number of carbonyl (C=O) groups is 3. The predicted molar refractivity (Wildman–Crippen MR) is 109 cm³/mol. The molecule has 0 spiro atoms. The summed E-state index contributed by atoms with van der Waals surface area (Å²) in [4.78, 5) is 41.6. The summed E-state index contributed by atoms with van der Waals surface area (Å²) in [6, 6.07) is 10.6. The minimum Gasteiger partial charge on any atom is -0.330 e. The van der Waals surface area contributed by atoms with Crippen molar-refractivity contribution in [2.75, 3.05) is 31.2 Å². The first kappa shape index (κ1) is 22.6. The van der Waals surface area contributed by atoms with Gasteiger partial charge in [-0.15, -0.1) is 0 Å². The number of hydrogen-bond donors (Lipinski definition) is 0. The van der Waals surface area contributed by atoms with Gasteiger partial charge in [0, 0.05) is 22.8 Å². The topological polar surface area (TPSA) is 60.9 Å². The Morgan fingerprint density at radius 2 is 1.81 bits per heavy atom. The molecule has 10 heteroatoms. The number of rotatable bonds is 5. The Hall–Kier alpha value is -3.07. The monoisotopic (exact) mass is 453 g/mol. The van der Waals surface area contributed by atoms with E-state index in [2.05, 4.69) is 0 Å².